The average Bonchev–Trinajstić information content (AvgIpc) is 2.77. The lowest BCUT2D eigenvalue weighted by Crippen LogP contribution is -2.36. The van der Waals surface area contributed by atoms with Gasteiger partial charge in [-0.25, -0.2) is 0 Å². The Morgan fingerprint density at radius 3 is 3.00 bits per heavy atom. The van der Waals surface area contributed by atoms with Gasteiger partial charge in [0, 0.05) is 12.5 Å². The third kappa shape index (κ3) is 3.50. The topological polar surface area (TPSA) is 33.1 Å². The quantitative estimate of drug-likeness (QED) is 0.900. The van der Waals surface area contributed by atoms with Gasteiger partial charge in [-0.05, 0) is 39.5 Å². The molecule has 0 amide bonds. The summed E-state index contributed by atoms with van der Waals surface area (Å²) < 4.78 is 2.11. The van der Waals surface area contributed by atoms with Crippen molar-refractivity contribution in [3.8, 4) is 0 Å². The highest BCUT2D eigenvalue weighted by Gasteiger charge is 2.29. The molecule has 1 aromatic rings. The van der Waals surface area contributed by atoms with Crippen LogP contribution in [0.3, 0.4) is 0 Å². The monoisotopic (exact) mass is 284 g/mol. The summed E-state index contributed by atoms with van der Waals surface area (Å²) in [5, 5.41) is 8.79. The van der Waals surface area contributed by atoms with Crippen molar-refractivity contribution in [3.05, 3.63) is 16.9 Å². The Balaban J connectivity index is 2.19. The predicted molar refractivity (Wildman–Crippen MR) is 79.8 cm³/mol. The summed E-state index contributed by atoms with van der Waals surface area (Å²) in [4.78, 5) is 2.18. The summed E-state index contributed by atoms with van der Waals surface area (Å²) in [5.74, 6) is 1.21. The number of halogens is 1. The smallest absolute Gasteiger partial charge is 0.0820 e. The van der Waals surface area contributed by atoms with Crippen LogP contribution in [0.4, 0.5) is 0 Å². The molecular formula is C14H25ClN4. The van der Waals surface area contributed by atoms with E-state index in [1.807, 2.05) is 0 Å². The minimum Gasteiger partial charge on any atom is -0.316 e. The zero-order chi connectivity index (χ0) is 13.8. The van der Waals surface area contributed by atoms with Crippen LogP contribution in [-0.2, 0) is 6.54 Å². The molecule has 1 fully saturated rings. The summed E-state index contributed by atoms with van der Waals surface area (Å²) in [6, 6.07) is 0. The Bertz CT molecular complexity index is 402. The summed E-state index contributed by atoms with van der Waals surface area (Å²) in [6.07, 6.45) is 4.15. The van der Waals surface area contributed by atoms with Gasteiger partial charge in [0.05, 0.1) is 23.5 Å². The van der Waals surface area contributed by atoms with Gasteiger partial charge in [-0.2, -0.15) is 5.10 Å². The highest BCUT2D eigenvalue weighted by atomic mass is 35.5. The van der Waals surface area contributed by atoms with Gasteiger partial charge in [-0.15, -0.1) is 0 Å². The molecule has 2 atom stereocenters. The molecule has 1 aliphatic rings. The molecule has 2 unspecified atom stereocenters. The normalized spacial score (nSPS) is 24.1. The van der Waals surface area contributed by atoms with Crippen molar-refractivity contribution in [1.29, 1.82) is 0 Å². The molecule has 0 saturated carbocycles. The van der Waals surface area contributed by atoms with Crippen molar-refractivity contribution in [2.75, 3.05) is 33.7 Å². The van der Waals surface area contributed by atoms with E-state index in [0.29, 0.717) is 11.8 Å². The zero-order valence-corrected chi connectivity index (χ0v) is 13.0. The third-order valence-electron chi connectivity index (χ3n) is 4.08. The highest BCUT2D eigenvalue weighted by Crippen LogP contribution is 2.36. The van der Waals surface area contributed by atoms with Crippen molar-refractivity contribution < 1.29 is 0 Å². The van der Waals surface area contributed by atoms with E-state index in [0.717, 1.165) is 37.6 Å². The molecule has 4 nitrogen and oxygen atoms in total. The van der Waals surface area contributed by atoms with Crippen molar-refractivity contribution >= 4 is 11.6 Å². The van der Waals surface area contributed by atoms with Crippen LogP contribution >= 0.6 is 11.6 Å². The minimum absolute atomic E-state index is 0.545. The Hall–Kier alpha value is -0.580. The lowest BCUT2D eigenvalue weighted by Gasteiger charge is -2.32. The molecule has 0 spiro atoms. The maximum Gasteiger partial charge on any atom is 0.0820 e. The third-order valence-corrected chi connectivity index (χ3v) is 4.37. The van der Waals surface area contributed by atoms with Crippen LogP contribution < -0.4 is 5.32 Å². The number of aromatic nitrogens is 2. The second-order valence-electron chi connectivity index (χ2n) is 5.67. The summed E-state index contributed by atoms with van der Waals surface area (Å²) in [7, 11) is 4.17. The number of hydrogen-bond donors (Lipinski definition) is 1. The highest BCUT2D eigenvalue weighted by molar-refractivity contribution is 6.31. The first-order chi connectivity index (χ1) is 9.13. The number of likely N-dealkylation sites (N-methyl/N-ethyl adjacent to an activating group) is 1. The van der Waals surface area contributed by atoms with Gasteiger partial charge in [-0.1, -0.05) is 24.9 Å². The minimum atomic E-state index is 0.545. The van der Waals surface area contributed by atoms with E-state index in [-0.39, 0.29) is 0 Å². The van der Waals surface area contributed by atoms with Gasteiger partial charge < -0.3 is 10.2 Å². The lowest BCUT2D eigenvalue weighted by molar-refractivity contribution is 0.296. The molecule has 1 aromatic heterocycles. The van der Waals surface area contributed by atoms with Gasteiger partial charge in [0.15, 0.2) is 0 Å². The number of rotatable bonds is 5. The fourth-order valence-corrected chi connectivity index (χ4v) is 3.21. The van der Waals surface area contributed by atoms with E-state index in [9.17, 15) is 0 Å². The molecule has 1 N–H and O–H groups in total. The maximum atomic E-state index is 6.40. The molecule has 0 aromatic carbocycles. The Morgan fingerprint density at radius 2 is 2.32 bits per heavy atom. The van der Waals surface area contributed by atoms with E-state index < -0.39 is 0 Å². The maximum absolute atomic E-state index is 6.40. The molecule has 1 aliphatic heterocycles. The molecular weight excluding hydrogens is 260 g/mol. The molecule has 2 heterocycles. The summed E-state index contributed by atoms with van der Waals surface area (Å²) >= 11 is 6.40. The Labute approximate surface area is 121 Å². The number of nitrogens with one attached hydrogen (secondary N) is 1. The summed E-state index contributed by atoms with van der Waals surface area (Å²) in [5.41, 5.74) is 1.25. The van der Waals surface area contributed by atoms with E-state index in [4.69, 9.17) is 11.6 Å². The van der Waals surface area contributed by atoms with Crippen molar-refractivity contribution in [3.63, 3.8) is 0 Å². The average molecular weight is 285 g/mol. The first-order valence-corrected chi connectivity index (χ1v) is 7.58. The second kappa shape index (κ2) is 6.73. The largest absolute Gasteiger partial charge is 0.316 e. The molecule has 19 heavy (non-hydrogen) atoms. The van der Waals surface area contributed by atoms with Crippen molar-refractivity contribution in [2.24, 2.45) is 5.92 Å². The van der Waals surface area contributed by atoms with E-state index in [2.05, 4.69) is 41.0 Å². The predicted octanol–water partition coefficient (Wildman–Crippen LogP) is 2.20. The number of nitrogens with zero attached hydrogens (tertiary/aromatic N) is 3. The molecule has 0 radical (unpaired) electrons. The standard InChI is InChI=1S/C14H25ClN4/c1-4-11-9-16-6-5-12(11)14-13(15)10-17-19(14)8-7-18(2)3/h10-12,16H,4-9H2,1-3H3. The van der Waals surface area contributed by atoms with Crippen LogP contribution in [0, 0.1) is 5.92 Å². The van der Waals surface area contributed by atoms with Crippen molar-refractivity contribution in [2.45, 2.75) is 32.2 Å². The molecule has 5 heteroatoms. The van der Waals surface area contributed by atoms with E-state index in [1.165, 1.54) is 12.1 Å². The van der Waals surface area contributed by atoms with Gasteiger partial charge >= 0.3 is 0 Å². The number of hydrogen-bond acceptors (Lipinski definition) is 3. The Morgan fingerprint density at radius 1 is 1.53 bits per heavy atom. The molecule has 2 rings (SSSR count). The van der Waals surface area contributed by atoms with Crippen molar-refractivity contribution in [1.82, 2.24) is 20.0 Å². The Kier molecular flexibility index (Phi) is 5.25. The molecule has 0 bridgehead atoms. The van der Waals surface area contributed by atoms with Crippen LogP contribution in [0.25, 0.3) is 0 Å². The fourth-order valence-electron chi connectivity index (χ4n) is 2.93. The SMILES string of the molecule is CCC1CNCCC1c1c(Cl)cnn1CCN(C)C. The van der Waals surface area contributed by atoms with E-state index >= 15 is 0 Å². The number of piperidine rings is 1. The van der Waals surface area contributed by atoms with Crippen LogP contribution in [0.2, 0.25) is 5.02 Å². The zero-order valence-electron chi connectivity index (χ0n) is 12.2. The van der Waals surface area contributed by atoms with Crippen LogP contribution in [0.1, 0.15) is 31.4 Å². The molecule has 1 saturated heterocycles. The van der Waals surface area contributed by atoms with E-state index in [1.54, 1.807) is 6.20 Å². The second-order valence-corrected chi connectivity index (χ2v) is 6.08. The van der Waals surface area contributed by atoms with Crippen LogP contribution in [-0.4, -0.2) is 48.4 Å². The molecule has 108 valence electrons. The lowest BCUT2D eigenvalue weighted by atomic mass is 9.82. The van der Waals surface area contributed by atoms with Crippen LogP contribution in [0.5, 0.6) is 0 Å². The van der Waals surface area contributed by atoms with Gasteiger partial charge in [0.25, 0.3) is 0 Å². The van der Waals surface area contributed by atoms with Gasteiger partial charge in [-0.3, -0.25) is 4.68 Å². The van der Waals surface area contributed by atoms with Gasteiger partial charge in [0.2, 0.25) is 0 Å². The summed E-state index contributed by atoms with van der Waals surface area (Å²) in [6.45, 7) is 6.34. The van der Waals surface area contributed by atoms with Crippen LogP contribution in [0.15, 0.2) is 6.20 Å². The fraction of sp³-hybridized carbons (Fsp3) is 0.786. The molecule has 0 aliphatic carbocycles. The first kappa shape index (κ1) is 14.8. The first-order valence-electron chi connectivity index (χ1n) is 7.20. The van der Waals surface area contributed by atoms with Gasteiger partial charge in [0.1, 0.15) is 0 Å².